The molecule has 2 aromatic rings. The van der Waals surface area contributed by atoms with E-state index in [9.17, 15) is 4.79 Å². The van der Waals surface area contributed by atoms with Crippen LogP contribution in [0.2, 0.25) is 5.02 Å². The quantitative estimate of drug-likeness (QED) is 0.818. The monoisotopic (exact) mass is 337 g/mol. The van der Waals surface area contributed by atoms with Gasteiger partial charge in [0.1, 0.15) is 0 Å². The molecular weight excluding hydrogens is 322 g/mol. The molecule has 1 amide bonds. The molecule has 22 heavy (non-hydrogen) atoms. The zero-order chi connectivity index (χ0) is 15.5. The summed E-state index contributed by atoms with van der Waals surface area (Å²) >= 11 is 7.17. The lowest BCUT2D eigenvalue weighted by Gasteiger charge is -2.11. The second kappa shape index (κ2) is 6.71. The van der Waals surface area contributed by atoms with E-state index in [1.165, 1.54) is 24.6 Å². The van der Waals surface area contributed by atoms with Crippen LogP contribution in [-0.4, -0.2) is 27.9 Å². The van der Waals surface area contributed by atoms with E-state index in [1.54, 1.807) is 12.1 Å². The molecule has 1 aromatic carbocycles. The van der Waals surface area contributed by atoms with Crippen LogP contribution in [-0.2, 0) is 4.79 Å². The summed E-state index contributed by atoms with van der Waals surface area (Å²) in [6.07, 6.45) is 2.42. The minimum Gasteiger partial charge on any atom is -0.411 e. The first-order valence-corrected chi connectivity index (χ1v) is 8.50. The van der Waals surface area contributed by atoms with Gasteiger partial charge < -0.3 is 9.73 Å². The third kappa shape index (κ3) is 4.01. The lowest BCUT2D eigenvalue weighted by Crippen LogP contribution is -2.35. The van der Waals surface area contributed by atoms with Gasteiger partial charge in [0.2, 0.25) is 11.8 Å². The average Bonchev–Trinajstić information content (AvgIpc) is 3.24. The van der Waals surface area contributed by atoms with E-state index >= 15 is 0 Å². The van der Waals surface area contributed by atoms with Crippen LogP contribution in [0.3, 0.4) is 0 Å². The first-order valence-electron chi connectivity index (χ1n) is 7.13. The summed E-state index contributed by atoms with van der Waals surface area (Å²) in [5.74, 6) is 1.31. The smallest absolute Gasteiger partial charge is 0.277 e. The second-order valence-corrected chi connectivity index (χ2v) is 6.73. The largest absolute Gasteiger partial charge is 0.411 e. The number of rotatable bonds is 6. The summed E-state index contributed by atoms with van der Waals surface area (Å²) in [6, 6.07) is 7.45. The molecule has 1 fully saturated rings. The number of amides is 1. The Morgan fingerprint density at radius 3 is 3.05 bits per heavy atom. The van der Waals surface area contributed by atoms with Crippen molar-refractivity contribution >= 4 is 29.3 Å². The highest BCUT2D eigenvalue weighted by Gasteiger charge is 2.28. The van der Waals surface area contributed by atoms with Gasteiger partial charge in [-0.15, -0.1) is 10.2 Å². The molecule has 1 atom stereocenters. The molecule has 1 saturated carbocycles. The van der Waals surface area contributed by atoms with Gasteiger partial charge in [-0.1, -0.05) is 29.4 Å². The Hall–Kier alpha value is -1.53. The minimum absolute atomic E-state index is 0.00749. The van der Waals surface area contributed by atoms with Gasteiger partial charge in [0, 0.05) is 16.6 Å². The molecule has 0 spiro atoms. The standard InChI is InChI=1S/C15H16ClN3O2S/c1-9(10-5-6-10)17-13(20)8-22-15-19-18-14(21-15)11-3-2-4-12(16)7-11/h2-4,7,9-10H,5-6,8H2,1H3,(H,17,20). The summed E-state index contributed by atoms with van der Waals surface area (Å²) in [4.78, 5) is 11.8. The van der Waals surface area contributed by atoms with E-state index in [1.807, 2.05) is 19.1 Å². The Morgan fingerprint density at radius 1 is 1.50 bits per heavy atom. The van der Waals surface area contributed by atoms with E-state index in [0.29, 0.717) is 22.1 Å². The lowest BCUT2D eigenvalue weighted by molar-refractivity contribution is -0.119. The highest BCUT2D eigenvalue weighted by molar-refractivity contribution is 7.99. The first kappa shape index (κ1) is 15.4. The molecular formula is C15H16ClN3O2S. The third-order valence-electron chi connectivity index (χ3n) is 3.52. The Kier molecular flexibility index (Phi) is 4.69. The van der Waals surface area contributed by atoms with Crippen molar-refractivity contribution in [3.05, 3.63) is 29.3 Å². The lowest BCUT2D eigenvalue weighted by atomic mass is 10.2. The topological polar surface area (TPSA) is 68.0 Å². The fraction of sp³-hybridized carbons (Fsp3) is 0.400. The van der Waals surface area contributed by atoms with Gasteiger partial charge >= 0.3 is 0 Å². The molecule has 1 heterocycles. The third-order valence-corrected chi connectivity index (χ3v) is 4.58. The highest BCUT2D eigenvalue weighted by atomic mass is 35.5. The van der Waals surface area contributed by atoms with Gasteiger partial charge in [-0.3, -0.25) is 4.79 Å². The number of nitrogens with zero attached hydrogens (tertiary/aromatic N) is 2. The molecule has 0 radical (unpaired) electrons. The van der Waals surface area contributed by atoms with Crippen LogP contribution in [0.5, 0.6) is 0 Å². The molecule has 1 aliphatic rings. The number of halogens is 1. The van der Waals surface area contributed by atoms with Crippen molar-refractivity contribution in [2.45, 2.75) is 31.0 Å². The summed E-state index contributed by atoms with van der Waals surface area (Å²) < 4.78 is 5.54. The number of benzene rings is 1. The number of carbonyl (C=O) groups is 1. The van der Waals surface area contributed by atoms with Crippen molar-refractivity contribution in [1.29, 1.82) is 0 Å². The van der Waals surface area contributed by atoms with Crippen molar-refractivity contribution in [3.63, 3.8) is 0 Å². The molecule has 3 rings (SSSR count). The number of hydrogen-bond donors (Lipinski definition) is 1. The maximum absolute atomic E-state index is 11.8. The minimum atomic E-state index is -0.00749. The Bertz CT molecular complexity index is 672. The van der Waals surface area contributed by atoms with E-state index in [-0.39, 0.29) is 17.7 Å². The maximum atomic E-state index is 11.8. The Balaban J connectivity index is 1.54. The molecule has 7 heteroatoms. The van der Waals surface area contributed by atoms with Crippen LogP contribution in [0.25, 0.3) is 11.5 Å². The van der Waals surface area contributed by atoms with Crippen LogP contribution in [0.1, 0.15) is 19.8 Å². The van der Waals surface area contributed by atoms with Crippen LogP contribution in [0, 0.1) is 5.92 Å². The van der Waals surface area contributed by atoms with Crippen LogP contribution < -0.4 is 5.32 Å². The fourth-order valence-corrected chi connectivity index (χ4v) is 2.91. The summed E-state index contributed by atoms with van der Waals surface area (Å²) in [7, 11) is 0. The maximum Gasteiger partial charge on any atom is 0.277 e. The molecule has 1 N–H and O–H groups in total. The zero-order valence-electron chi connectivity index (χ0n) is 12.1. The van der Waals surface area contributed by atoms with Gasteiger partial charge in [0.25, 0.3) is 5.22 Å². The van der Waals surface area contributed by atoms with Crippen LogP contribution >= 0.6 is 23.4 Å². The van der Waals surface area contributed by atoms with Crippen molar-refractivity contribution in [2.75, 3.05) is 5.75 Å². The molecule has 5 nitrogen and oxygen atoms in total. The van der Waals surface area contributed by atoms with Gasteiger partial charge in [-0.05, 0) is 43.9 Å². The molecule has 1 unspecified atom stereocenters. The summed E-state index contributed by atoms with van der Waals surface area (Å²) in [5.41, 5.74) is 0.763. The number of hydrogen-bond acceptors (Lipinski definition) is 5. The molecule has 0 bridgehead atoms. The number of carbonyl (C=O) groups excluding carboxylic acids is 1. The molecule has 116 valence electrons. The van der Waals surface area contributed by atoms with E-state index in [4.69, 9.17) is 16.0 Å². The Labute approximate surface area is 137 Å². The molecule has 0 saturated heterocycles. The van der Waals surface area contributed by atoms with Crippen molar-refractivity contribution < 1.29 is 9.21 Å². The first-order chi connectivity index (χ1) is 10.6. The molecule has 1 aromatic heterocycles. The SMILES string of the molecule is CC(NC(=O)CSc1nnc(-c2cccc(Cl)c2)o1)C1CC1. The van der Waals surface area contributed by atoms with E-state index in [0.717, 1.165) is 5.56 Å². The summed E-state index contributed by atoms with van der Waals surface area (Å²) in [6.45, 7) is 2.05. The fourth-order valence-electron chi connectivity index (χ4n) is 2.14. The molecule has 1 aliphatic carbocycles. The Morgan fingerprint density at radius 2 is 2.32 bits per heavy atom. The predicted octanol–water partition coefficient (Wildman–Crippen LogP) is 3.40. The predicted molar refractivity (Wildman–Crippen MR) is 85.8 cm³/mol. The number of aromatic nitrogens is 2. The van der Waals surface area contributed by atoms with Gasteiger partial charge in [0.15, 0.2) is 0 Å². The summed E-state index contributed by atoms with van der Waals surface area (Å²) in [5, 5.41) is 11.9. The van der Waals surface area contributed by atoms with Crippen LogP contribution in [0.15, 0.2) is 33.9 Å². The van der Waals surface area contributed by atoms with Gasteiger partial charge in [-0.2, -0.15) is 0 Å². The van der Waals surface area contributed by atoms with Crippen LogP contribution in [0.4, 0.5) is 0 Å². The van der Waals surface area contributed by atoms with Crippen molar-refractivity contribution in [1.82, 2.24) is 15.5 Å². The average molecular weight is 338 g/mol. The van der Waals surface area contributed by atoms with Crippen molar-refractivity contribution in [2.24, 2.45) is 5.92 Å². The van der Waals surface area contributed by atoms with Crippen molar-refractivity contribution in [3.8, 4) is 11.5 Å². The van der Waals surface area contributed by atoms with E-state index in [2.05, 4.69) is 15.5 Å². The van der Waals surface area contributed by atoms with Gasteiger partial charge in [-0.25, -0.2) is 0 Å². The second-order valence-electron chi connectivity index (χ2n) is 5.37. The normalized spacial score (nSPS) is 15.5. The number of thioether (sulfide) groups is 1. The highest BCUT2D eigenvalue weighted by Crippen LogP contribution is 2.32. The zero-order valence-corrected chi connectivity index (χ0v) is 13.7. The van der Waals surface area contributed by atoms with Gasteiger partial charge in [0.05, 0.1) is 5.75 Å². The van der Waals surface area contributed by atoms with E-state index < -0.39 is 0 Å². The number of nitrogens with one attached hydrogen (secondary N) is 1. The molecule has 0 aliphatic heterocycles.